The van der Waals surface area contributed by atoms with Crippen LogP contribution >= 0.6 is 0 Å². The van der Waals surface area contributed by atoms with Gasteiger partial charge in [-0.3, -0.25) is 8.99 Å². The maximum absolute atomic E-state index is 11.9. The van der Waals surface area contributed by atoms with Crippen molar-refractivity contribution in [2.45, 2.75) is 19.9 Å². The minimum atomic E-state index is -3.56. The first-order valence-corrected chi connectivity index (χ1v) is 8.58. The maximum Gasteiger partial charge on any atom is 0.301 e. The molecule has 1 aromatic carbocycles. The summed E-state index contributed by atoms with van der Waals surface area (Å²) < 4.78 is 29.3. The van der Waals surface area contributed by atoms with Gasteiger partial charge in [0.2, 0.25) is 0 Å². The SMILES string of the molecule is CCCn1cc(-c2ccc(O)c(N3CCNS3(=O)=O)c2)cn1. The number of nitrogens with zero attached hydrogens (tertiary/aromatic N) is 3. The van der Waals surface area contributed by atoms with Crippen LogP contribution in [-0.2, 0) is 16.8 Å². The number of nitrogens with one attached hydrogen (secondary N) is 1. The Kier molecular flexibility index (Phi) is 3.79. The second-order valence-electron chi connectivity index (χ2n) is 5.17. The summed E-state index contributed by atoms with van der Waals surface area (Å²) >= 11 is 0. The molecular weight excluding hydrogens is 304 g/mol. The fraction of sp³-hybridized carbons (Fsp3) is 0.357. The standard InChI is InChI=1S/C14H18N4O3S/c1-2-6-17-10-12(9-15-17)11-3-4-14(19)13(8-11)18-7-5-16-22(18,20)21/h3-4,8-10,16,19H,2,5-7H2,1H3. The van der Waals surface area contributed by atoms with E-state index >= 15 is 0 Å². The predicted molar refractivity (Wildman–Crippen MR) is 83.9 cm³/mol. The maximum atomic E-state index is 11.9. The molecule has 118 valence electrons. The third-order valence-corrected chi connectivity index (χ3v) is 5.08. The number of benzene rings is 1. The summed E-state index contributed by atoms with van der Waals surface area (Å²) in [6, 6.07) is 4.94. The lowest BCUT2D eigenvalue weighted by Crippen LogP contribution is -2.29. The molecule has 22 heavy (non-hydrogen) atoms. The quantitative estimate of drug-likeness (QED) is 0.889. The first kappa shape index (κ1) is 14.9. The second kappa shape index (κ2) is 5.62. The van der Waals surface area contributed by atoms with Crippen LogP contribution in [0.4, 0.5) is 5.69 Å². The normalized spacial score (nSPS) is 17.0. The van der Waals surface area contributed by atoms with E-state index in [4.69, 9.17) is 0 Å². The molecule has 1 aliphatic rings. The Morgan fingerprint density at radius 1 is 1.36 bits per heavy atom. The predicted octanol–water partition coefficient (Wildman–Crippen LogP) is 1.32. The summed E-state index contributed by atoms with van der Waals surface area (Å²) in [6.45, 7) is 3.54. The van der Waals surface area contributed by atoms with Gasteiger partial charge in [0.15, 0.2) is 0 Å². The van der Waals surface area contributed by atoms with Crippen molar-refractivity contribution in [1.29, 1.82) is 0 Å². The van der Waals surface area contributed by atoms with Gasteiger partial charge in [0.05, 0.1) is 11.9 Å². The highest BCUT2D eigenvalue weighted by Gasteiger charge is 2.30. The van der Waals surface area contributed by atoms with E-state index < -0.39 is 10.2 Å². The van der Waals surface area contributed by atoms with Crippen molar-refractivity contribution in [3.63, 3.8) is 0 Å². The molecule has 2 N–H and O–H groups in total. The molecule has 1 saturated heterocycles. The minimum Gasteiger partial charge on any atom is -0.506 e. The Balaban J connectivity index is 1.99. The lowest BCUT2D eigenvalue weighted by atomic mass is 10.1. The number of hydrogen-bond acceptors (Lipinski definition) is 4. The molecular formula is C14H18N4O3S. The van der Waals surface area contributed by atoms with Gasteiger partial charge >= 0.3 is 10.2 Å². The summed E-state index contributed by atoms with van der Waals surface area (Å²) in [7, 11) is -3.56. The number of phenols is 1. The molecule has 3 rings (SSSR count). The molecule has 0 amide bonds. The first-order valence-electron chi connectivity index (χ1n) is 7.14. The minimum absolute atomic E-state index is 0.0584. The van der Waals surface area contributed by atoms with E-state index in [-0.39, 0.29) is 11.4 Å². The summed E-state index contributed by atoms with van der Waals surface area (Å²) in [5.74, 6) is -0.0584. The van der Waals surface area contributed by atoms with Crippen LogP contribution in [0.2, 0.25) is 0 Å². The van der Waals surface area contributed by atoms with Crippen LogP contribution in [0, 0.1) is 0 Å². The average Bonchev–Trinajstić information content (AvgIpc) is 3.06. The summed E-state index contributed by atoms with van der Waals surface area (Å²) in [5.41, 5.74) is 1.99. The molecule has 0 radical (unpaired) electrons. The van der Waals surface area contributed by atoms with E-state index in [0.29, 0.717) is 13.1 Å². The smallest absolute Gasteiger partial charge is 0.301 e. The van der Waals surface area contributed by atoms with Gasteiger partial charge in [-0.05, 0) is 24.1 Å². The number of aromatic hydroxyl groups is 1. The zero-order valence-electron chi connectivity index (χ0n) is 12.2. The molecule has 8 heteroatoms. The van der Waals surface area contributed by atoms with Crippen LogP contribution in [0.3, 0.4) is 0 Å². The van der Waals surface area contributed by atoms with Gasteiger partial charge in [0.25, 0.3) is 0 Å². The van der Waals surface area contributed by atoms with Gasteiger partial charge in [-0.2, -0.15) is 18.2 Å². The van der Waals surface area contributed by atoms with Crippen LogP contribution < -0.4 is 9.03 Å². The monoisotopic (exact) mass is 322 g/mol. The van der Waals surface area contributed by atoms with Crippen molar-refractivity contribution >= 4 is 15.9 Å². The Morgan fingerprint density at radius 2 is 2.18 bits per heavy atom. The molecule has 0 saturated carbocycles. The second-order valence-corrected chi connectivity index (χ2v) is 6.85. The number of aromatic nitrogens is 2. The van der Waals surface area contributed by atoms with Crippen molar-refractivity contribution < 1.29 is 13.5 Å². The van der Waals surface area contributed by atoms with Crippen LogP contribution in [0.15, 0.2) is 30.6 Å². The Bertz CT molecular complexity index is 785. The molecule has 1 fully saturated rings. The van der Waals surface area contributed by atoms with E-state index in [1.165, 1.54) is 10.4 Å². The Morgan fingerprint density at radius 3 is 2.86 bits per heavy atom. The van der Waals surface area contributed by atoms with Crippen molar-refractivity contribution in [2.24, 2.45) is 0 Å². The zero-order valence-corrected chi connectivity index (χ0v) is 13.0. The highest BCUT2D eigenvalue weighted by molar-refractivity contribution is 7.91. The number of phenolic OH excluding ortho intramolecular Hbond substituents is 1. The van der Waals surface area contributed by atoms with E-state index in [1.54, 1.807) is 18.3 Å². The van der Waals surface area contributed by atoms with Gasteiger partial charge in [-0.1, -0.05) is 13.0 Å². The van der Waals surface area contributed by atoms with Crippen molar-refractivity contribution in [3.8, 4) is 16.9 Å². The number of hydrogen-bond donors (Lipinski definition) is 2. The largest absolute Gasteiger partial charge is 0.506 e. The highest BCUT2D eigenvalue weighted by atomic mass is 32.2. The first-order chi connectivity index (χ1) is 10.5. The van der Waals surface area contributed by atoms with Crippen molar-refractivity contribution in [3.05, 3.63) is 30.6 Å². The van der Waals surface area contributed by atoms with E-state index in [9.17, 15) is 13.5 Å². The molecule has 0 bridgehead atoms. The third-order valence-electron chi connectivity index (χ3n) is 3.55. The van der Waals surface area contributed by atoms with Gasteiger partial charge < -0.3 is 5.11 Å². The lowest BCUT2D eigenvalue weighted by molar-refractivity contribution is 0.476. The fourth-order valence-corrected chi connectivity index (χ4v) is 3.73. The van der Waals surface area contributed by atoms with Gasteiger partial charge in [0.1, 0.15) is 5.75 Å². The number of anilines is 1. The number of rotatable bonds is 4. The highest BCUT2D eigenvalue weighted by Crippen LogP contribution is 2.34. The molecule has 7 nitrogen and oxygen atoms in total. The zero-order chi connectivity index (χ0) is 15.7. The van der Waals surface area contributed by atoms with Gasteiger partial charge in [-0.25, -0.2) is 0 Å². The summed E-state index contributed by atoms with van der Waals surface area (Å²) in [5, 5.41) is 14.3. The van der Waals surface area contributed by atoms with E-state index in [0.717, 1.165) is 24.1 Å². The summed E-state index contributed by atoms with van der Waals surface area (Å²) in [4.78, 5) is 0. The third kappa shape index (κ3) is 2.67. The van der Waals surface area contributed by atoms with Crippen LogP contribution in [0.5, 0.6) is 5.75 Å². The van der Waals surface area contributed by atoms with E-state index in [1.807, 2.05) is 10.9 Å². The molecule has 2 aromatic rings. The van der Waals surface area contributed by atoms with Crippen LogP contribution in [0.1, 0.15) is 13.3 Å². The van der Waals surface area contributed by atoms with E-state index in [2.05, 4.69) is 16.7 Å². The molecule has 2 heterocycles. The average molecular weight is 322 g/mol. The fourth-order valence-electron chi connectivity index (χ4n) is 2.49. The molecule has 0 spiro atoms. The lowest BCUT2D eigenvalue weighted by Gasteiger charge is -2.17. The summed E-state index contributed by atoms with van der Waals surface area (Å²) in [6.07, 6.45) is 4.64. The topological polar surface area (TPSA) is 87.5 Å². The van der Waals surface area contributed by atoms with Crippen molar-refractivity contribution in [1.82, 2.24) is 14.5 Å². The van der Waals surface area contributed by atoms with Crippen LogP contribution in [0.25, 0.3) is 11.1 Å². The molecule has 0 atom stereocenters. The Hall–Kier alpha value is -2.06. The van der Waals surface area contributed by atoms with Crippen molar-refractivity contribution in [2.75, 3.05) is 17.4 Å². The van der Waals surface area contributed by atoms with Gasteiger partial charge in [-0.15, -0.1) is 0 Å². The Labute approximate surface area is 129 Å². The molecule has 1 aromatic heterocycles. The van der Waals surface area contributed by atoms with Crippen LogP contribution in [-0.4, -0.2) is 36.4 Å². The molecule has 0 aliphatic carbocycles. The number of aryl methyl sites for hydroxylation is 1. The molecule has 0 unspecified atom stereocenters. The van der Waals surface area contributed by atoms with Gasteiger partial charge in [0, 0.05) is 31.4 Å². The molecule has 1 aliphatic heterocycles.